The zero-order valence-corrected chi connectivity index (χ0v) is 11.8. The van der Waals surface area contributed by atoms with Crippen molar-refractivity contribution >= 4 is 16.9 Å². The summed E-state index contributed by atoms with van der Waals surface area (Å²) in [5, 5.41) is 11.9. The highest BCUT2D eigenvalue weighted by molar-refractivity contribution is 5.92. The standard InChI is InChI=1S/C15H17N5O/c1-10-8-20(7-6-16-10)15-17-14(18-19-15)12-9-21-13-5-3-2-4-11(12)13/h2-5,9-10,16H,6-8H2,1H3,(H,17,18,19)/t10-/m0/s1. The molecule has 4 rings (SSSR count). The van der Waals surface area contributed by atoms with E-state index in [-0.39, 0.29) is 0 Å². The molecule has 0 bridgehead atoms. The second-order valence-electron chi connectivity index (χ2n) is 5.43. The van der Waals surface area contributed by atoms with Crippen LogP contribution in [-0.2, 0) is 0 Å². The fraction of sp³-hybridized carbons (Fsp3) is 0.333. The zero-order chi connectivity index (χ0) is 14.2. The number of hydrogen-bond acceptors (Lipinski definition) is 5. The Morgan fingerprint density at radius 1 is 1.33 bits per heavy atom. The Balaban J connectivity index is 1.68. The first-order valence-corrected chi connectivity index (χ1v) is 7.18. The van der Waals surface area contributed by atoms with Crippen LogP contribution in [0.25, 0.3) is 22.4 Å². The number of fused-ring (bicyclic) bond motifs is 1. The van der Waals surface area contributed by atoms with E-state index in [0.29, 0.717) is 6.04 Å². The van der Waals surface area contributed by atoms with E-state index in [9.17, 15) is 0 Å². The Hall–Kier alpha value is -2.34. The van der Waals surface area contributed by atoms with E-state index in [4.69, 9.17) is 4.42 Å². The number of hydrogen-bond donors (Lipinski definition) is 2. The lowest BCUT2D eigenvalue weighted by Crippen LogP contribution is -2.49. The van der Waals surface area contributed by atoms with Crippen molar-refractivity contribution in [3.8, 4) is 11.4 Å². The van der Waals surface area contributed by atoms with Crippen molar-refractivity contribution in [1.82, 2.24) is 20.5 Å². The Kier molecular flexibility index (Phi) is 2.89. The maximum absolute atomic E-state index is 5.56. The molecule has 2 aromatic heterocycles. The highest BCUT2D eigenvalue weighted by Crippen LogP contribution is 2.28. The third-order valence-electron chi connectivity index (χ3n) is 3.86. The van der Waals surface area contributed by atoms with Gasteiger partial charge in [0.2, 0.25) is 5.95 Å². The molecule has 1 fully saturated rings. The number of nitrogens with zero attached hydrogens (tertiary/aromatic N) is 3. The van der Waals surface area contributed by atoms with Crippen molar-refractivity contribution in [2.24, 2.45) is 0 Å². The normalized spacial score (nSPS) is 19.3. The highest BCUT2D eigenvalue weighted by atomic mass is 16.3. The molecule has 3 heterocycles. The molecule has 1 aliphatic rings. The maximum Gasteiger partial charge on any atom is 0.245 e. The fourth-order valence-corrected chi connectivity index (χ4v) is 2.79. The summed E-state index contributed by atoms with van der Waals surface area (Å²) in [6, 6.07) is 8.40. The summed E-state index contributed by atoms with van der Waals surface area (Å²) in [5.41, 5.74) is 1.81. The number of anilines is 1. The number of benzene rings is 1. The van der Waals surface area contributed by atoms with Crippen molar-refractivity contribution in [2.45, 2.75) is 13.0 Å². The van der Waals surface area contributed by atoms with Gasteiger partial charge in [-0.25, -0.2) is 0 Å². The Morgan fingerprint density at radius 3 is 3.14 bits per heavy atom. The number of H-pyrrole nitrogens is 1. The first kappa shape index (κ1) is 12.4. The molecule has 1 aromatic carbocycles. The van der Waals surface area contributed by atoms with Gasteiger partial charge in [-0.3, -0.25) is 5.10 Å². The van der Waals surface area contributed by atoms with Crippen LogP contribution in [0, 0.1) is 0 Å². The van der Waals surface area contributed by atoms with E-state index in [1.54, 1.807) is 6.26 Å². The number of para-hydroxylation sites is 1. The Labute approximate surface area is 122 Å². The number of aromatic nitrogens is 3. The van der Waals surface area contributed by atoms with Crippen LogP contribution in [0.4, 0.5) is 5.95 Å². The van der Waals surface area contributed by atoms with E-state index in [0.717, 1.165) is 47.9 Å². The minimum atomic E-state index is 0.454. The molecule has 2 N–H and O–H groups in total. The average Bonchev–Trinajstić information content (AvgIpc) is 3.14. The van der Waals surface area contributed by atoms with Crippen LogP contribution in [0.15, 0.2) is 34.9 Å². The van der Waals surface area contributed by atoms with Gasteiger partial charge in [-0.15, -0.1) is 5.10 Å². The summed E-state index contributed by atoms with van der Waals surface area (Å²) in [5.74, 6) is 1.50. The molecule has 6 nitrogen and oxygen atoms in total. The summed E-state index contributed by atoms with van der Waals surface area (Å²) < 4.78 is 5.56. The molecule has 108 valence electrons. The molecular formula is C15H17N5O. The van der Waals surface area contributed by atoms with Crippen LogP contribution < -0.4 is 10.2 Å². The predicted molar refractivity (Wildman–Crippen MR) is 81.3 cm³/mol. The predicted octanol–water partition coefficient (Wildman–Crippen LogP) is 2.02. The molecule has 3 aromatic rings. The monoisotopic (exact) mass is 283 g/mol. The third-order valence-corrected chi connectivity index (χ3v) is 3.86. The van der Waals surface area contributed by atoms with Crippen molar-refractivity contribution in [1.29, 1.82) is 0 Å². The van der Waals surface area contributed by atoms with Crippen LogP contribution in [0.1, 0.15) is 6.92 Å². The van der Waals surface area contributed by atoms with Gasteiger partial charge in [-0.2, -0.15) is 4.98 Å². The topological polar surface area (TPSA) is 70.0 Å². The minimum absolute atomic E-state index is 0.454. The molecule has 0 aliphatic carbocycles. The molecule has 1 saturated heterocycles. The summed E-state index contributed by atoms with van der Waals surface area (Å²) in [6.07, 6.45) is 1.73. The lowest BCUT2D eigenvalue weighted by atomic mass is 10.2. The Bertz CT molecular complexity index is 762. The molecule has 0 amide bonds. The number of nitrogens with one attached hydrogen (secondary N) is 2. The molecule has 1 aliphatic heterocycles. The number of rotatable bonds is 2. The molecular weight excluding hydrogens is 266 g/mol. The van der Waals surface area contributed by atoms with E-state index in [1.807, 2.05) is 24.3 Å². The molecule has 21 heavy (non-hydrogen) atoms. The fourth-order valence-electron chi connectivity index (χ4n) is 2.79. The summed E-state index contributed by atoms with van der Waals surface area (Å²) in [7, 11) is 0. The van der Waals surface area contributed by atoms with Gasteiger partial charge in [0.25, 0.3) is 0 Å². The second-order valence-corrected chi connectivity index (χ2v) is 5.43. The molecule has 0 spiro atoms. The van der Waals surface area contributed by atoms with Crippen LogP contribution in [0.3, 0.4) is 0 Å². The number of piperazine rings is 1. The average molecular weight is 283 g/mol. The summed E-state index contributed by atoms with van der Waals surface area (Å²) in [4.78, 5) is 6.83. The first-order valence-electron chi connectivity index (χ1n) is 7.18. The molecule has 0 radical (unpaired) electrons. The van der Waals surface area contributed by atoms with Crippen LogP contribution in [0.2, 0.25) is 0 Å². The molecule has 0 unspecified atom stereocenters. The third kappa shape index (κ3) is 2.17. The van der Waals surface area contributed by atoms with Gasteiger partial charge in [-0.05, 0) is 13.0 Å². The van der Waals surface area contributed by atoms with Crippen molar-refractivity contribution in [3.05, 3.63) is 30.5 Å². The highest BCUT2D eigenvalue weighted by Gasteiger charge is 2.20. The largest absolute Gasteiger partial charge is 0.464 e. The first-order chi connectivity index (χ1) is 10.3. The van der Waals surface area contributed by atoms with Gasteiger partial charge >= 0.3 is 0 Å². The van der Waals surface area contributed by atoms with Crippen LogP contribution >= 0.6 is 0 Å². The van der Waals surface area contributed by atoms with Crippen molar-refractivity contribution < 1.29 is 4.42 Å². The van der Waals surface area contributed by atoms with E-state index in [1.165, 1.54) is 0 Å². The van der Waals surface area contributed by atoms with Gasteiger partial charge in [0.05, 0.1) is 5.56 Å². The maximum atomic E-state index is 5.56. The van der Waals surface area contributed by atoms with E-state index < -0.39 is 0 Å². The van der Waals surface area contributed by atoms with Crippen molar-refractivity contribution in [2.75, 3.05) is 24.5 Å². The van der Waals surface area contributed by atoms with E-state index >= 15 is 0 Å². The SMILES string of the molecule is C[C@H]1CN(c2n[nH]c(-c3coc4ccccc34)n2)CCN1. The van der Waals surface area contributed by atoms with Gasteiger partial charge in [-0.1, -0.05) is 18.2 Å². The Morgan fingerprint density at radius 2 is 2.24 bits per heavy atom. The molecule has 0 saturated carbocycles. The molecule has 1 atom stereocenters. The minimum Gasteiger partial charge on any atom is -0.464 e. The quantitative estimate of drug-likeness (QED) is 0.753. The lowest BCUT2D eigenvalue weighted by molar-refractivity contribution is 0.480. The van der Waals surface area contributed by atoms with Crippen LogP contribution in [0.5, 0.6) is 0 Å². The van der Waals surface area contributed by atoms with Crippen LogP contribution in [-0.4, -0.2) is 40.9 Å². The summed E-state index contributed by atoms with van der Waals surface area (Å²) >= 11 is 0. The van der Waals surface area contributed by atoms with Crippen molar-refractivity contribution in [3.63, 3.8) is 0 Å². The van der Waals surface area contributed by atoms with Gasteiger partial charge < -0.3 is 14.6 Å². The number of furan rings is 1. The second kappa shape index (κ2) is 4.89. The number of aromatic amines is 1. The van der Waals surface area contributed by atoms with Gasteiger partial charge in [0.15, 0.2) is 5.82 Å². The van der Waals surface area contributed by atoms with Gasteiger partial charge in [0, 0.05) is 31.1 Å². The molecule has 6 heteroatoms. The zero-order valence-electron chi connectivity index (χ0n) is 11.8. The summed E-state index contributed by atoms with van der Waals surface area (Å²) in [6.45, 7) is 4.97. The van der Waals surface area contributed by atoms with E-state index in [2.05, 4.69) is 32.3 Å². The lowest BCUT2D eigenvalue weighted by Gasteiger charge is -2.30. The van der Waals surface area contributed by atoms with Gasteiger partial charge in [0.1, 0.15) is 11.8 Å². The smallest absolute Gasteiger partial charge is 0.245 e.